The van der Waals surface area contributed by atoms with Crippen LogP contribution in [0.25, 0.3) is 0 Å². The summed E-state index contributed by atoms with van der Waals surface area (Å²) in [6.45, 7) is -1.02. The number of aliphatic hydroxyl groups excluding tert-OH is 1. The van der Waals surface area contributed by atoms with E-state index in [-0.39, 0.29) is 12.2 Å². The molecule has 0 aliphatic rings. The number of hydrogen-bond acceptors (Lipinski definition) is 9. The van der Waals surface area contributed by atoms with Crippen LogP contribution in [0.3, 0.4) is 0 Å². The van der Waals surface area contributed by atoms with Gasteiger partial charge in [-0.05, 0) is 30.5 Å². The Bertz CT molecular complexity index is 967. The fourth-order valence-electron chi connectivity index (χ4n) is 2.91. The number of carbonyl (C=O) groups excluding carboxylic acids is 3. The first-order chi connectivity index (χ1) is 16.8. The number of carboxylic acid groups (broad SMARTS) is 3. The molecule has 1 aromatic rings. The van der Waals surface area contributed by atoms with Crippen molar-refractivity contribution in [2.24, 2.45) is 5.73 Å². The van der Waals surface area contributed by atoms with Crippen LogP contribution in [0.15, 0.2) is 24.3 Å². The second-order valence-corrected chi connectivity index (χ2v) is 7.71. The second kappa shape index (κ2) is 14.2. The van der Waals surface area contributed by atoms with Crippen molar-refractivity contribution in [1.82, 2.24) is 16.0 Å². The van der Waals surface area contributed by atoms with Crippen molar-refractivity contribution in [2.45, 2.75) is 49.9 Å². The van der Waals surface area contributed by atoms with Crippen LogP contribution in [0.2, 0.25) is 0 Å². The Morgan fingerprint density at radius 1 is 0.778 bits per heavy atom. The van der Waals surface area contributed by atoms with Gasteiger partial charge in [-0.15, -0.1) is 0 Å². The first-order valence-electron chi connectivity index (χ1n) is 10.6. The Labute approximate surface area is 204 Å². The zero-order chi connectivity index (χ0) is 27.4. The van der Waals surface area contributed by atoms with Gasteiger partial charge in [0.2, 0.25) is 17.7 Å². The quantitative estimate of drug-likeness (QED) is 0.115. The molecule has 36 heavy (non-hydrogen) atoms. The van der Waals surface area contributed by atoms with Gasteiger partial charge in [-0.25, -0.2) is 4.79 Å². The maximum absolute atomic E-state index is 12.7. The van der Waals surface area contributed by atoms with Gasteiger partial charge >= 0.3 is 17.9 Å². The summed E-state index contributed by atoms with van der Waals surface area (Å²) >= 11 is 0. The lowest BCUT2D eigenvalue weighted by Gasteiger charge is -2.24. The molecule has 0 aliphatic carbocycles. The van der Waals surface area contributed by atoms with Gasteiger partial charge in [0.05, 0.1) is 19.1 Å². The number of aromatic hydroxyl groups is 1. The summed E-state index contributed by atoms with van der Waals surface area (Å²) in [4.78, 5) is 70.4. The van der Waals surface area contributed by atoms with Gasteiger partial charge in [-0.3, -0.25) is 24.0 Å². The Kier molecular flexibility index (Phi) is 11.8. The number of aliphatic carboxylic acids is 3. The van der Waals surface area contributed by atoms with Gasteiger partial charge in [0.1, 0.15) is 23.9 Å². The molecule has 15 nitrogen and oxygen atoms in total. The largest absolute Gasteiger partial charge is 0.508 e. The van der Waals surface area contributed by atoms with Crippen molar-refractivity contribution in [3.05, 3.63) is 29.8 Å². The highest BCUT2D eigenvalue weighted by molar-refractivity contribution is 5.94. The fraction of sp³-hybridized carbons (Fsp3) is 0.429. The van der Waals surface area contributed by atoms with Gasteiger partial charge in [0, 0.05) is 6.42 Å². The van der Waals surface area contributed by atoms with Gasteiger partial charge in [0.25, 0.3) is 0 Å². The van der Waals surface area contributed by atoms with Crippen molar-refractivity contribution in [3.8, 4) is 5.75 Å². The summed E-state index contributed by atoms with van der Waals surface area (Å²) in [6.07, 6.45) is -1.92. The Balaban J connectivity index is 2.89. The summed E-state index contributed by atoms with van der Waals surface area (Å²) in [6, 6.07) is -0.422. The normalized spacial score (nSPS) is 13.9. The van der Waals surface area contributed by atoms with E-state index in [0.29, 0.717) is 5.56 Å². The first-order valence-corrected chi connectivity index (χ1v) is 10.6. The molecular formula is C21H28N4O11. The fourth-order valence-corrected chi connectivity index (χ4v) is 2.91. The molecule has 0 aromatic heterocycles. The number of phenolic OH excluding ortho intramolecular Hbond substituents is 1. The Hall–Kier alpha value is -4.24. The van der Waals surface area contributed by atoms with E-state index in [2.05, 4.69) is 10.6 Å². The van der Waals surface area contributed by atoms with Crippen LogP contribution in [-0.4, -0.2) is 91.9 Å². The topological polar surface area (TPSA) is 266 Å². The SMILES string of the molecule is NC(Cc1ccc(O)cc1)C(=O)NC(CCC(=O)O)C(=O)NC(CO)C(=O)NC(CC(=O)O)C(=O)O. The first kappa shape index (κ1) is 29.8. The minimum atomic E-state index is -1.85. The second-order valence-electron chi connectivity index (χ2n) is 7.71. The van der Waals surface area contributed by atoms with E-state index in [1.807, 2.05) is 5.32 Å². The van der Waals surface area contributed by atoms with E-state index in [4.69, 9.17) is 21.1 Å². The number of carboxylic acids is 3. The number of benzene rings is 1. The molecule has 0 fully saturated rings. The number of nitrogens with one attached hydrogen (secondary N) is 3. The van der Waals surface area contributed by atoms with E-state index >= 15 is 0 Å². The monoisotopic (exact) mass is 512 g/mol. The van der Waals surface area contributed by atoms with Gasteiger partial charge in [-0.1, -0.05) is 12.1 Å². The van der Waals surface area contributed by atoms with Crippen LogP contribution in [0.5, 0.6) is 5.75 Å². The van der Waals surface area contributed by atoms with Crippen molar-refractivity contribution < 1.29 is 54.3 Å². The molecule has 15 heteroatoms. The van der Waals surface area contributed by atoms with E-state index in [1.165, 1.54) is 24.3 Å². The molecule has 0 spiro atoms. The van der Waals surface area contributed by atoms with Gasteiger partial charge in [-0.2, -0.15) is 0 Å². The third kappa shape index (κ3) is 10.4. The van der Waals surface area contributed by atoms with Crippen molar-refractivity contribution in [3.63, 3.8) is 0 Å². The van der Waals surface area contributed by atoms with E-state index in [0.717, 1.165) is 0 Å². The zero-order valence-corrected chi connectivity index (χ0v) is 18.9. The van der Waals surface area contributed by atoms with Crippen molar-refractivity contribution >= 4 is 35.6 Å². The Morgan fingerprint density at radius 3 is 1.81 bits per heavy atom. The average Bonchev–Trinajstić information content (AvgIpc) is 2.80. The predicted molar refractivity (Wildman–Crippen MR) is 119 cm³/mol. The van der Waals surface area contributed by atoms with Crippen LogP contribution in [0, 0.1) is 0 Å². The molecule has 3 amide bonds. The third-order valence-corrected chi connectivity index (χ3v) is 4.82. The minimum absolute atomic E-state index is 0.00212. The standard InChI is InChI=1S/C21H28N4O11/c22-12(7-10-1-3-11(27)4-2-10)18(32)23-13(5-6-16(28)29)19(33)25-15(9-26)20(34)24-14(21(35)36)8-17(30)31/h1-4,12-15,26-27H,5-9,22H2,(H,23,32)(H,24,34)(H,25,33)(H,28,29)(H,30,31)(H,35,36). The van der Waals surface area contributed by atoms with Gasteiger partial charge < -0.3 is 47.2 Å². The maximum atomic E-state index is 12.7. The number of phenols is 1. The lowest BCUT2D eigenvalue weighted by molar-refractivity contribution is -0.147. The van der Waals surface area contributed by atoms with Crippen LogP contribution in [0.1, 0.15) is 24.8 Å². The zero-order valence-electron chi connectivity index (χ0n) is 18.9. The van der Waals surface area contributed by atoms with E-state index in [9.17, 15) is 39.0 Å². The molecule has 0 heterocycles. The third-order valence-electron chi connectivity index (χ3n) is 4.82. The molecule has 0 bridgehead atoms. The Morgan fingerprint density at radius 2 is 1.31 bits per heavy atom. The molecule has 0 aliphatic heterocycles. The molecule has 198 valence electrons. The predicted octanol–water partition coefficient (Wildman–Crippen LogP) is -2.87. The molecular weight excluding hydrogens is 484 g/mol. The summed E-state index contributed by atoms with van der Waals surface area (Å²) in [5.74, 6) is -7.58. The molecule has 1 aromatic carbocycles. The summed E-state index contributed by atoms with van der Waals surface area (Å²) in [7, 11) is 0. The summed E-state index contributed by atoms with van der Waals surface area (Å²) in [5, 5.41) is 51.8. The molecule has 0 saturated carbocycles. The average molecular weight is 512 g/mol. The summed E-state index contributed by atoms with van der Waals surface area (Å²) in [5.41, 5.74) is 6.45. The number of amides is 3. The lowest BCUT2D eigenvalue weighted by Crippen LogP contribution is -2.58. The lowest BCUT2D eigenvalue weighted by atomic mass is 10.0. The highest BCUT2D eigenvalue weighted by atomic mass is 16.4. The highest BCUT2D eigenvalue weighted by Gasteiger charge is 2.31. The van der Waals surface area contributed by atoms with Crippen LogP contribution in [-0.2, 0) is 35.2 Å². The van der Waals surface area contributed by atoms with Gasteiger partial charge in [0.15, 0.2) is 0 Å². The van der Waals surface area contributed by atoms with Crippen molar-refractivity contribution in [1.29, 1.82) is 0 Å². The number of aliphatic hydroxyl groups is 1. The minimum Gasteiger partial charge on any atom is -0.508 e. The smallest absolute Gasteiger partial charge is 0.326 e. The van der Waals surface area contributed by atoms with E-state index < -0.39 is 85.7 Å². The van der Waals surface area contributed by atoms with Crippen LogP contribution in [0.4, 0.5) is 0 Å². The molecule has 1 rings (SSSR count). The van der Waals surface area contributed by atoms with Crippen LogP contribution >= 0.6 is 0 Å². The van der Waals surface area contributed by atoms with Crippen molar-refractivity contribution in [2.75, 3.05) is 6.61 Å². The van der Waals surface area contributed by atoms with Crippen LogP contribution < -0.4 is 21.7 Å². The molecule has 0 saturated heterocycles. The maximum Gasteiger partial charge on any atom is 0.326 e. The molecule has 4 atom stereocenters. The summed E-state index contributed by atoms with van der Waals surface area (Å²) < 4.78 is 0. The number of carbonyl (C=O) groups is 6. The number of nitrogens with two attached hydrogens (primary N) is 1. The number of hydrogen-bond donors (Lipinski definition) is 9. The highest BCUT2D eigenvalue weighted by Crippen LogP contribution is 2.11. The van der Waals surface area contributed by atoms with E-state index in [1.54, 1.807) is 0 Å². The molecule has 10 N–H and O–H groups in total. The molecule has 0 radical (unpaired) electrons. The number of rotatable bonds is 15. The molecule has 4 unspecified atom stereocenters.